The molecule has 0 fully saturated rings. The number of hydrogen-bond donors (Lipinski definition) is 3. The SMILES string of the molecule is CC#CCOc1ccc(C[C@H](NC(=O)[C@@H](C=CCCCCCCC(=O)CCCCCCC)[C@@](O)(CCF)C(=O)OC(C)(C)C)C(=O)O)cc1. The highest BCUT2D eigenvalue weighted by Crippen LogP contribution is 2.29. The minimum Gasteiger partial charge on any atom is -0.481 e. The number of halogens is 1. The van der Waals surface area contributed by atoms with E-state index in [1.165, 1.54) is 25.3 Å². The van der Waals surface area contributed by atoms with Gasteiger partial charge >= 0.3 is 11.9 Å². The van der Waals surface area contributed by atoms with Crippen LogP contribution in [-0.2, 0) is 30.3 Å². The molecule has 0 aromatic heterocycles. The maximum Gasteiger partial charge on any atom is 0.339 e. The molecule has 1 rings (SSSR count). The predicted molar refractivity (Wildman–Crippen MR) is 189 cm³/mol. The molecule has 1 amide bonds. The van der Waals surface area contributed by atoms with Crippen molar-refractivity contribution >= 4 is 23.6 Å². The fraction of sp³-hybridized carbons (Fsp3) is 0.641. The summed E-state index contributed by atoms with van der Waals surface area (Å²) in [6, 6.07) is 5.25. The number of allylic oxidation sites excluding steroid dienone is 1. The molecule has 3 atom stereocenters. The molecule has 0 unspecified atom stereocenters. The van der Waals surface area contributed by atoms with Crippen molar-refractivity contribution in [3.63, 3.8) is 0 Å². The Kier molecular flexibility index (Phi) is 20.9. The molecule has 0 saturated carbocycles. The van der Waals surface area contributed by atoms with Gasteiger partial charge in [0.15, 0.2) is 5.60 Å². The molecular formula is C39H58FNO8. The second-order valence-electron chi connectivity index (χ2n) is 13.4. The monoisotopic (exact) mass is 687 g/mol. The molecule has 1 aromatic carbocycles. The van der Waals surface area contributed by atoms with Crippen molar-refractivity contribution < 1.29 is 43.3 Å². The van der Waals surface area contributed by atoms with Crippen molar-refractivity contribution in [3.05, 3.63) is 42.0 Å². The first-order chi connectivity index (χ1) is 23.3. The van der Waals surface area contributed by atoms with Crippen LogP contribution in [0.1, 0.15) is 124 Å². The lowest BCUT2D eigenvalue weighted by molar-refractivity contribution is -0.184. The Morgan fingerprint density at radius 1 is 0.959 bits per heavy atom. The number of esters is 1. The van der Waals surface area contributed by atoms with E-state index in [1.54, 1.807) is 58.0 Å². The van der Waals surface area contributed by atoms with Gasteiger partial charge in [-0.3, -0.25) is 14.0 Å². The molecule has 0 saturated heterocycles. The number of benzene rings is 1. The van der Waals surface area contributed by atoms with Crippen LogP contribution in [0.25, 0.3) is 0 Å². The molecule has 0 radical (unpaired) electrons. The van der Waals surface area contributed by atoms with Gasteiger partial charge < -0.3 is 25.0 Å². The van der Waals surface area contributed by atoms with Gasteiger partial charge in [-0.25, -0.2) is 9.59 Å². The number of aliphatic hydroxyl groups is 1. The highest BCUT2D eigenvalue weighted by molar-refractivity contribution is 5.93. The highest BCUT2D eigenvalue weighted by atomic mass is 19.1. The number of ether oxygens (including phenoxy) is 2. The lowest BCUT2D eigenvalue weighted by Crippen LogP contribution is -2.56. The summed E-state index contributed by atoms with van der Waals surface area (Å²) in [6.07, 6.45) is 12.7. The maximum atomic E-state index is 13.8. The number of aliphatic carboxylic acids is 1. The van der Waals surface area contributed by atoms with E-state index in [4.69, 9.17) is 9.47 Å². The van der Waals surface area contributed by atoms with Crippen LogP contribution in [-0.4, -0.2) is 64.4 Å². The van der Waals surface area contributed by atoms with Crippen LogP contribution < -0.4 is 10.1 Å². The molecule has 274 valence electrons. The summed E-state index contributed by atoms with van der Waals surface area (Å²) in [7, 11) is 0. The van der Waals surface area contributed by atoms with Crippen molar-refractivity contribution in [2.24, 2.45) is 5.92 Å². The van der Waals surface area contributed by atoms with Gasteiger partial charge in [-0.05, 0) is 71.1 Å². The largest absolute Gasteiger partial charge is 0.481 e. The van der Waals surface area contributed by atoms with Gasteiger partial charge in [0.2, 0.25) is 5.91 Å². The fourth-order valence-electron chi connectivity index (χ4n) is 5.19. The second kappa shape index (κ2) is 23.6. The number of rotatable bonds is 25. The summed E-state index contributed by atoms with van der Waals surface area (Å²) in [6.45, 7) is 7.70. The van der Waals surface area contributed by atoms with Crippen LogP contribution in [0, 0.1) is 17.8 Å². The van der Waals surface area contributed by atoms with Gasteiger partial charge in [-0.15, -0.1) is 5.92 Å². The summed E-state index contributed by atoms with van der Waals surface area (Å²) < 4.78 is 24.7. The minimum atomic E-state index is -2.58. The molecule has 9 nitrogen and oxygen atoms in total. The number of carbonyl (C=O) groups excluding carboxylic acids is 3. The van der Waals surface area contributed by atoms with Crippen LogP contribution in [0.5, 0.6) is 5.75 Å². The zero-order chi connectivity index (χ0) is 36.7. The zero-order valence-corrected chi connectivity index (χ0v) is 30.2. The van der Waals surface area contributed by atoms with E-state index in [2.05, 4.69) is 24.1 Å². The third-order valence-corrected chi connectivity index (χ3v) is 7.95. The molecule has 49 heavy (non-hydrogen) atoms. The Hall–Kier alpha value is -3.71. The number of hydrogen-bond acceptors (Lipinski definition) is 7. The van der Waals surface area contributed by atoms with E-state index in [9.17, 15) is 33.8 Å². The Morgan fingerprint density at radius 2 is 1.57 bits per heavy atom. The fourth-order valence-corrected chi connectivity index (χ4v) is 5.19. The van der Waals surface area contributed by atoms with Crippen molar-refractivity contribution in [3.8, 4) is 17.6 Å². The van der Waals surface area contributed by atoms with Gasteiger partial charge in [0.25, 0.3) is 0 Å². The topological polar surface area (TPSA) is 139 Å². The first-order valence-corrected chi connectivity index (χ1v) is 17.6. The average Bonchev–Trinajstić information content (AvgIpc) is 3.03. The number of ketones is 1. The molecule has 3 N–H and O–H groups in total. The van der Waals surface area contributed by atoms with Gasteiger partial charge in [-0.1, -0.05) is 75.7 Å². The van der Waals surface area contributed by atoms with E-state index in [-0.39, 0.29) is 13.0 Å². The van der Waals surface area contributed by atoms with Gasteiger partial charge in [0.1, 0.15) is 29.8 Å². The highest BCUT2D eigenvalue weighted by Gasteiger charge is 2.49. The molecule has 0 spiro atoms. The van der Waals surface area contributed by atoms with Gasteiger partial charge in [-0.2, -0.15) is 0 Å². The molecule has 0 aliphatic carbocycles. The van der Waals surface area contributed by atoms with Crippen molar-refractivity contribution in [2.45, 2.75) is 142 Å². The predicted octanol–water partition coefficient (Wildman–Crippen LogP) is 7.08. The van der Waals surface area contributed by atoms with E-state index in [1.807, 2.05) is 0 Å². The van der Waals surface area contributed by atoms with Gasteiger partial charge in [0.05, 0.1) is 12.6 Å². The number of nitrogens with one attached hydrogen (secondary N) is 1. The average molecular weight is 688 g/mol. The van der Waals surface area contributed by atoms with Crippen LogP contribution in [0.3, 0.4) is 0 Å². The molecule has 0 bridgehead atoms. The van der Waals surface area contributed by atoms with E-state index in [0.717, 1.165) is 38.5 Å². The normalized spacial score (nSPS) is 13.9. The number of carboxylic acid groups (broad SMARTS) is 1. The van der Waals surface area contributed by atoms with Crippen molar-refractivity contribution in [2.75, 3.05) is 13.3 Å². The third-order valence-electron chi connectivity index (χ3n) is 7.95. The molecule has 0 aliphatic rings. The Morgan fingerprint density at radius 3 is 2.12 bits per heavy atom. The molecule has 0 aliphatic heterocycles. The number of carboxylic acids is 1. The summed E-state index contributed by atoms with van der Waals surface area (Å²) in [5.41, 5.74) is -3.03. The number of alkyl halides is 1. The second-order valence-corrected chi connectivity index (χ2v) is 13.4. The lowest BCUT2D eigenvalue weighted by Gasteiger charge is -2.34. The lowest BCUT2D eigenvalue weighted by atomic mass is 9.82. The number of carbonyl (C=O) groups is 4. The smallest absolute Gasteiger partial charge is 0.339 e. The van der Waals surface area contributed by atoms with Crippen molar-refractivity contribution in [1.29, 1.82) is 0 Å². The molecule has 10 heteroatoms. The van der Waals surface area contributed by atoms with Gasteiger partial charge in [0, 0.05) is 25.7 Å². The summed E-state index contributed by atoms with van der Waals surface area (Å²) in [5.74, 6) is 1.29. The van der Waals surface area contributed by atoms with Crippen LogP contribution in [0.4, 0.5) is 4.39 Å². The first kappa shape index (κ1) is 43.3. The maximum absolute atomic E-state index is 13.8. The summed E-state index contributed by atoms with van der Waals surface area (Å²) in [5, 5.41) is 23.9. The number of Topliss-reactive ketones (excluding diaryl/α,β-unsaturated/α-hetero) is 1. The van der Waals surface area contributed by atoms with E-state index >= 15 is 0 Å². The number of unbranched alkanes of at least 4 members (excludes halogenated alkanes) is 8. The Bertz CT molecular complexity index is 1240. The standard InChI is InChI=1S/C39H58FNO8/c1-6-8-10-13-16-19-31(42)20-17-14-11-12-15-18-21-33(39(47,26-27-40)37(46)49-38(3,4)5)35(43)41-34(36(44)45)29-30-22-24-32(25-23-30)48-28-9-7-2/h18,21-25,33-34,47H,6,8,10-17,19-20,26-29H2,1-5H3,(H,41,43)(H,44,45)/t33-,34+,39+/m1/s1. The molecule has 0 heterocycles. The van der Waals surface area contributed by atoms with Crippen LogP contribution in [0.2, 0.25) is 0 Å². The van der Waals surface area contributed by atoms with Crippen LogP contribution in [0.15, 0.2) is 36.4 Å². The number of amides is 1. The molecular weight excluding hydrogens is 629 g/mol. The minimum absolute atomic E-state index is 0.0953. The van der Waals surface area contributed by atoms with E-state index in [0.29, 0.717) is 36.4 Å². The first-order valence-electron chi connectivity index (χ1n) is 17.6. The Balaban J connectivity index is 2.97. The van der Waals surface area contributed by atoms with Crippen LogP contribution >= 0.6 is 0 Å². The summed E-state index contributed by atoms with van der Waals surface area (Å²) >= 11 is 0. The third kappa shape index (κ3) is 18.0. The van der Waals surface area contributed by atoms with E-state index < -0.39 is 54.1 Å². The summed E-state index contributed by atoms with van der Waals surface area (Å²) in [4.78, 5) is 51.2. The quantitative estimate of drug-likeness (QED) is 0.0429. The van der Waals surface area contributed by atoms with Crippen molar-refractivity contribution in [1.82, 2.24) is 5.32 Å². The Labute approximate surface area is 292 Å². The zero-order valence-electron chi connectivity index (χ0n) is 30.2. The molecule has 1 aromatic rings.